The zero-order chi connectivity index (χ0) is 29.8. The van der Waals surface area contributed by atoms with Crippen molar-refractivity contribution in [2.24, 2.45) is 0 Å². The minimum absolute atomic E-state index is 0.00376. The molecule has 0 fully saturated rings. The first-order valence-electron chi connectivity index (χ1n) is 15.8. The highest BCUT2D eigenvalue weighted by atomic mass is 14.4. The van der Waals surface area contributed by atoms with E-state index in [0.29, 0.717) is 0 Å². The summed E-state index contributed by atoms with van der Waals surface area (Å²) in [5.41, 5.74) is 16.3. The second kappa shape index (κ2) is 8.80. The molecule has 0 heterocycles. The van der Waals surface area contributed by atoms with Gasteiger partial charge in [-0.15, -0.1) is 0 Å². The summed E-state index contributed by atoms with van der Waals surface area (Å²) in [5, 5.41) is 5.21. The van der Waals surface area contributed by atoms with Gasteiger partial charge in [-0.3, -0.25) is 0 Å². The predicted molar refractivity (Wildman–Crippen MR) is 187 cm³/mol. The number of hydrogen-bond donors (Lipinski definition) is 0. The minimum Gasteiger partial charge on any atom is -0.0619 e. The molecule has 0 bridgehead atoms. The van der Waals surface area contributed by atoms with Crippen molar-refractivity contribution >= 4 is 21.5 Å². The zero-order valence-corrected chi connectivity index (χ0v) is 25.7. The summed E-state index contributed by atoms with van der Waals surface area (Å²) in [6.45, 7) is 9.45. The summed E-state index contributed by atoms with van der Waals surface area (Å²) in [4.78, 5) is 0. The molecule has 0 saturated carbocycles. The molecule has 0 radical (unpaired) electrons. The lowest BCUT2D eigenvalue weighted by molar-refractivity contribution is 0.660. The summed E-state index contributed by atoms with van der Waals surface area (Å²) < 4.78 is 0. The van der Waals surface area contributed by atoms with E-state index in [-0.39, 0.29) is 10.8 Å². The van der Waals surface area contributed by atoms with E-state index in [1.165, 1.54) is 88.3 Å². The molecule has 0 saturated heterocycles. The second-order valence-corrected chi connectivity index (χ2v) is 13.7. The van der Waals surface area contributed by atoms with Crippen LogP contribution in [0.1, 0.15) is 49.9 Å². The number of benzene rings is 7. The number of hydrogen-bond acceptors (Lipinski definition) is 0. The fourth-order valence-electron chi connectivity index (χ4n) is 8.57. The summed E-state index contributed by atoms with van der Waals surface area (Å²) in [5.74, 6) is 0. The normalized spacial score (nSPS) is 15.2. The van der Waals surface area contributed by atoms with Gasteiger partial charge in [0, 0.05) is 10.8 Å². The van der Waals surface area contributed by atoms with Crippen LogP contribution in [0.15, 0.2) is 133 Å². The van der Waals surface area contributed by atoms with Gasteiger partial charge in [0.15, 0.2) is 0 Å². The van der Waals surface area contributed by atoms with E-state index < -0.39 is 0 Å². The Hall–Kier alpha value is -4.94. The van der Waals surface area contributed by atoms with E-state index >= 15 is 0 Å². The van der Waals surface area contributed by atoms with Gasteiger partial charge in [0.2, 0.25) is 0 Å². The molecule has 0 atom stereocenters. The third-order valence-electron chi connectivity index (χ3n) is 10.7. The van der Waals surface area contributed by atoms with E-state index in [2.05, 4.69) is 161 Å². The lowest BCUT2D eigenvalue weighted by atomic mass is 9.80. The van der Waals surface area contributed by atoms with Crippen LogP contribution in [-0.2, 0) is 10.8 Å². The maximum atomic E-state index is 2.45. The molecule has 0 nitrogen and oxygen atoms in total. The van der Waals surface area contributed by atoms with E-state index in [1.54, 1.807) is 0 Å². The number of fused-ring (bicyclic) bond motifs is 8. The molecule has 9 rings (SSSR count). The van der Waals surface area contributed by atoms with E-state index in [4.69, 9.17) is 0 Å². The molecule has 7 aromatic rings. The Morgan fingerprint density at radius 2 is 0.773 bits per heavy atom. The average molecular weight is 563 g/mol. The van der Waals surface area contributed by atoms with Crippen molar-refractivity contribution in [2.75, 3.05) is 0 Å². The molecule has 0 amide bonds. The maximum Gasteiger partial charge on any atom is 0.0159 e. The van der Waals surface area contributed by atoms with Crippen molar-refractivity contribution in [3.8, 4) is 44.5 Å². The molecule has 0 spiro atoms. The van der Waals surface area contributed by atoms with Gasteiger partial charge in [0.25, 0.3) is 0 Å². The first kappa shape index (κ1) is 25.5. The minimum atomic E-state index is -0.0397. The molecule has 2 aliphatic rings. The largest absolute Gasteiger partial charge is 0.0619 e. The van der Waals surface area contributed by atoms with Crippen molar-refractivity contribution in [3.05, 3.63) is 156 Å². The summed E-state index contributed by atoms with van der Waals surface area (Å²) >= 11 is 0. The Morgan fingerprint density at radius 3 is 1.43 bits per heavy atom. The molecular weight excluding hydrogens is 528 g/mol. The molecule has 210 valence electrons. The van der Waals surface area contributed by atoms with Crippen LogP contribution in [0.2, 0.25) is 0 Å². The molecule has 44 heavy (non-hydrogen) atoms. The lowest BCUT2D eigenvalue weighted by Crippen LogP contribution is -2.14. The maximum absolute atomic E-state index is 2.45. The van der Waals surface area contributed by atoms with E-state index in [0.717, 1.165) is 0 Å². The van der Waals surface area contributed by atoms with Crippen LogP contribution in [0.5, 0.6) is 0 Å². The molecular formula is C44H34. The van der Waals surface area contributed by atoms with Crippen LogP contribution in [0.3, 0.4) is 0 Å². The first-order valence-corrected chi connectivity index (χ1v) is 15.8. The molecule has 7 aromatic carbocycles. The zero-order valence-electron chi connectivity index (χ0n) is 25.7. The average Bonchev–Trinajstić information content (AvgIpc) is 3.43. The summed E-state index contributed by atoms with van der Waals surface area (Å²) in [6.07, 6.45) is 0. The van der Waals surface area contributed by atoms with Gasteiger partial charge < -0.3 is 0 Å². The van der Waals surface area contributed by atoms with Crippen LogP contribution in [-0.4, -0.2) is 0 Å². The Balaban J connectivity index is 1.38. The monoisotopic (exact) mass is 562 g/mol. The predicted octanol–water partition coefficient (Wildman–Crippen LogP) is 11.9. The summed E-state index contributed by atoms with van der Waals surface area (Å²) in [6, 6.07) is 50.2. The van der Waals surface area contributed by atoms with E-state index in [9.17, 15) is 0 Å². The van der Waals surface area contributed by atoms with Gasteiger partial charge in [-0.2, -0.15) is 0 Å². The fraction of sp³-hybridized carbons (Fsp3) is 0.136. The lowest BCUT2D eigenvalue weighted by Gasteiger charge is -2.23. The smallest absolute Gasteiger partial charge is 0.0159 e. The number of rotatable bonds is 2. The van der Waals surface area contributed by atoms with Crippen LogP contribution in [0.4, 0.5) is 0 Å². The Kier molecular flexibility index (Phi) is 5.11. The standard InChI is InChI=1S/C44H34/c1-43(2)36-21-11-9-14-28(36)35-26-27(24-25-38(35)43)40-29-15-5-7-17-31(29)41(32-18-8-6-16-30(32)40)34-20-13-23-39-42(34)33-19-10-12-22-37(33)44(39,3)4/h5-26H,1-4H3. The van der Waals surface area contributed by atoms with Crippen molar-refractivity contribution in [1.29, 1.82) is 0 Å². The van der Waals surface area contributed by atoms with Crippen LogP contribution in [0, 0.1) is 0 Å². The first-order chi connectivity index (χ1) is 21.4. The van der Waals surface area contributed by atoms with Crippen LogP contribution >= 0.6 is 0 Å². The van der Waals surface area contributed by atoms with Gasteiger partial charge in [0.1, 0.15) is 0 Å². The summed E-state index contributed by atoms with van der Waals surface area (Å²) in [7, 11) is 0. The molecule has 0 aromatic heterocycles. The van der Waals surface area contributed by atoms with E-state index in [1.807, 2.05) is 0 Å². The fourth-order valence-corrected chi connectivity index (χ4v) is 8.57. The van der Waals surface area contributed by atoms with Crippen molar-refractivity contribution < 1.29 is 0 Å². The molecule has 0 aliphatic heterocycles. The van der Waals surface area contributed by atoms with Crippen LogP contribution in [0.25, 0.3) is 66.1 Å². The van der Waals surface area contributed by atoms with Gasteiger partial charge in [-0.25, -0.2) is 0 Å². The third-order valence-corrected chi connectivity index (χ3v) is 10.7. The van der Waals surface area contributed by atoms with Crippen molar-refractivity contribution in [1.82, 2.24) is 0 Å². The highest BCUT2D eigenvalue weighted by Crippen LogP contribution is 2.55. The van der Waals surface area contributed by atoms with Gasteiger partial charge in [-0.1, -0.05) is 155 Å². The highest BCUT2D eigenvalue weighted by Gasteiger charge is 2.38. The van der Waals surface area contributed by atoms with Crippen molar-refractivity contribution in [2.45, 2.75) is 38.5 Å². The quantitative estimate of drug-likeness (QED) is 0.184. The Morgan fingerprint density at radius 1 is 0.318 bits per heavy atom. The third kappa shape index (κ3) is 3.23. The molecule has 0 unspecified atom stereocenters. The van der Waals surface area contributed by atoms with Gasteiger partial charge >= 0.3 is 0 Å². The molecule has 0 heteroatoms. The molecule has 0 N–H and O–H groups in total. The topological polar surface area (TPSA) is 0 Å². The highest BCUT2D eigenvalue weighted by molar-refractivity contribution is 6.23. The second-order valence-electron chi connectivity index (χ2n) is 13.7. The van der Waals surface area contributed by atoms with Gasteiger partial charge in [0.05, 0.1) is 0 Å². The SMILES string of the molecule is CC1(C)c2ccccc2-c2cc(-c3c4ccccc4c(-c4cccc5c4-c4ccccc4C5(C)C)c4ccccc34)ccc21. The Bertz CT molecular complexity index is 2270. The van der Waals surface area contributed by atoms with Crippen LogP contribution < -0.4 is 0 Å². The Labute approximate surface area is 259 Å². The van der Waals surface area contributed by atoms with Crippen molar-refractivity contribution in [3.63, 3.8) is 0 Å². The van der Waals surface area contributed by atoms with Gasteiger partial charge in [-0.05, 0) is 94.4 Å². The molecule has 2 aliphatic carbocycles.